The molecule has 2 aromatic heterocycles. The predicted molar refractivity (Wildman–Crippen MR) is 109 cm³/mol. The van der Waals surface area contributed by atoms with Gasteiger partial charge in [0.25, 0.3) is 11.5 Å². The van der Waals surface area contributed by atoms with E-state index in [-0.39, 0.29) is 47.4 Å². The van der Waals surface area contributed by atoms with Gasteiger partial charge in [-0.3, -0.25) is 14.4 Å². The van der Waals surface area contributed by atoms with Crippen molar-refractivity contribution in [2.75, 3.05) is 13.2 Å². The van der Waals surface area contributed by atoms with Gasteiger partial charge in [0.05, 0.1) is 24.9 Å². The fourth-order valence-electron chi connectivity index (χ4n) is 2.98. The van der Waals surface area contributed by atoms with Crippen molar-refractivity contribution in [3.8, 4) is 0 Å². The first-order valence-electron chi connectivity index (χ1n) is 8.41. The number of aryl methyl sites for hydroxylation is 1. The number of aliphatic hydroxyl groups excluding tert-OH is 1. The van der Waals surface area contributed by atoms with Gasteiger partial charge in [-0.05, 0) is 47.2 Å². The molecule has 7 nitrogen and oxygen atoms in total. The van der Waals surface area contributed by atoms with E-state index in [0.717, 1.165) is 3.57 Å². The highest BCUT2D eigenvalue weighted by Gasteiger charge is 2.25. The smallest absolute Gasteiger partial charge is 0.280 e. The van der Waals surface area contributed by atoms with Crippen LogP contribution >= 0.6 is 22.6 Å². The maximum atomic E-state index is 14.4. The minimum atomic E-state index is -0.649. The minimum Gasteiger partial charge on any atom is -0.463 e. The Morgan fingerprint density at radius 3 is 2.86 bits per heavy atom. The zero-order valence-electron chi connectivity index (χ0n) is 15.2. The van der Waals surface area contributed by atoms with Gasteiger partial charge >= 0.3 is 0 Å². The van der Waals surface area contributed by atoms with Gasteiger partial charge < -0.3 is 14.1 Å². The van der Waals surface area contributed by atoms with Crippen LogP contribution in [0, 0.1) is 16.3 Å². The van der Waals surface area contributed by atoms with Crippen LogP contribution in [0.25, 0.3) is 11.0 Å². The number of hydrogen-bond acceptors (Lipinski definition) is 5. The van der Waals surface area contributed by atoms with Crippen LogP contribution in [-0.2, 0) is 18.3 Å². The quantitative estimate of drug-likeness (QED) is 0.308. The molecule has 0 aliphatic rings. The van der Waals surface area contributed by atoms with E-state index in [1.807, 2.05) is 22.6 Å². The molecular formula is C19H18FIN2O5. The molecule has 0 saturated heterocycles. The number of benzene rings is 1. The third-order valence-electron chi connectivity index (χ3n) is 4.37. The number of amides is 1. The fourth-order valence-corrected chi connectivity index (χ4v) is 3.44. The summed E-state index contributed by atoms with van der Waals surface area (Å²) >= 11 is 2.00. The van der Waals surface area contributed by atoms with Gasteiger partial charge in [-0.1, -0.05) is 6.07 Å². The number of aliphatic hydroxyl groups is 1. The molecule has 3 aromatic rings. The van der Waals surface area contributed by atoms with Gasteiger partial charge in [0, 0.05) is 28.3 Å². The SMILES string of the molecule is Cc1coc2c(C(=O)NOCCO)c(Cc3ccc(I)cc3F)n(C)c(=O)c12. The molecule has 0 aliphatic heterocycles. The number of carbonyl (C=O) groups excluding carboxylic acids is 1. The summed E-state index contributed by atoms with van der Waals surface area (Å²) in [6, 6.07) is 4.74. The molecule has 0 unspecified atom stereocenters. The van der Waals surface area contributed by atoms with E-state index in [4.69, 9.17) is 14.4 Å². The van der Waals surface area contributed by atoms with Gasteiger partial charge in [-0.2, -0.15) is 0 Å². The predicted octanol–water partition coefficient (Wildman–Crippen LogP) is 2.43. The number of nitrogens with one attached hydrogen (secondary N) is 1. The molecule has 0 saturated carbocycles. The standard InChI is InChI=1S/C19H18FIN2O5/c1-10-9-27-17-15(10)19(26)23(2)14(16(17)18(25)22-28-6-5-24)7-11-3-4-12(21)8-13(11)20/h3-4,8-9,24H,5-7H2,1-2H3,(H,22,25). The molecule has 0 radical (unpaired) electrons. The summed E-state index contributed by atoms with van der Waals surface area (Å²) in [7, 11) is 1.53. The van der Waals surface area contributed by atoms with E-state index in [1.54, 1.807) is 19.1 Å². The highest BCUT2D eigenvalue weighted by atomic mass is 127. The van der Waals surface area contributed by atoms with Crippen molar-refractivity contribution in [3.05, 3.63) is 66.6 Å². The first-order valence-corrected chi connectivity index (χ1v) is 9.49. The second kappa shape index (κ2) is 8.41. The number of pyridine rings is 1. The number of halogens is 2. The van der Waals surface area contributed by atoms with Gasteiger partial charge in [0.1, 0.15) is 11.4 Å². The normalized spacial score (nSPS) is 11.2. The Morgan fingerprint density at radius 1 is 1.43 bits per heavy atom. The lowest BCUT2D eigenvalue weighted by atomic mass is 10.0. The number of carbonyl (C=O) groups is 1. The van der Waals surface area contributed by atoms with E-state index in [1.165, 1.54) is 23.9 Å². The van der Waals surface area contributed by atoms with Crippen LogP contribution in [0.1, 0.15) is 27.2 Å². The average molecular weight is 500 g/mol. The van der Waals surface area contributed by atoms with Crippen LogP contribution < -0.4 is 11.0 Å². The van der Waals surface area contributed by atoms with Crippen molar-refractivity contribution in [2.24, 2.45) is 7.05 Å². The molecular weight excluding hydrogens is 482 g/mol. The Balaban J connectivity index is 2.19. The van der Waals surface area contributed by atoms with Crippen LogP contribution in [0.3, 0.4) is 0 Å². The molecule has 0 aliphatic carbocycles. The molecule has 2 N–H and O–H groups in total. The summed E-state index contributed by atoms with van der Waals surface area (Å²) in [6.45, 7) is 1.33. The molecule has 0 spiro atoms. The summed E-state index contributed by atoms with van der Waals surface area (Å²) < 4.78 is 22.0. The molecule has 0 atom stereocenters. The lowest BCUT2D eigenvalue weighted by Crippen LogP contribution is -2.31. The molecule has 28 heavy (non-hydrogen) atoms. The van der Waals surface area contributed by atoms with Crippen molar-refractivity contribution in [3.63, 3.8) is 0 Å². The summed E-state index contributed by atoms with van der Waals surface area (Å²) in [5, 5.41) is 9.10. The van der Waals surface area contributed by atoms with Crippen LogP contribution in [0.4, 0.5) is 4.39 Å². The summed E-state index contributed by atoms with van der Waals surface area (Å²) in [4.78, 5) is 30.5. The highest BCUT2D eigenvalue weighted by Crippen LogP contribution is 2.26. The Bertz CT molecular complexity index is 1110. The fraction of sp³-hybridized carbons (Fsp3) is 0.263. The van der Waals surface area contributed by atoms with Gasteiger partial charge in [-0.25, -0.2) is 9.87 Å². The van der Waals surface area contributed by atoms with E-state index in [0.29, 0.717) is 11.1 Å². The zero-order valence-corrected chi connectivity index (χ0v) is 17.4. The van der Waals surface area contributed by atoms with Gasteiger partial charge in [0.15, 0.2) is 5.58 Å². The van der Waals surface area contributed by atoms with Crippen LogP contribution in [0.15, 0.2) is 33.7 Å². The van der Waals surface area contributed by atoms with Crippen molar-refractivity contribution in [1.29, 1.82) is 0 Å². The van der Waals surface area contributed by atoms with Crippen molar-refractivity contribution in [1.82, 2.24) is 10.0 Å². The highest BCUT2D eigenvalue weighted by molar-refractivity contribution is 14.1. The maximum absolute atomic E-state index is 14.4. The monoisotopic (exact) mass is 500 g/mol. The second-order valence-corrected chi connectivity index (χ2v) is 7.47. The van der Waals surface area contributed by atoms with Crippen molar-refractivity contribution < 1.29 is 23.5 Å². The van der Waals surface area contributed by atoms with E-state index in [9.17, 15) is 14.0 Å². The number of nitrogens with zero attached hydrogens (tertiary/aromatic N) is 1. The average Bonchev–Trinajstić information content (AvgIpc) is 3.03. The number of hydrogen-bond donors (Lipinski definition) is 2. The number of furan rings is 1. The molecule has 2 heterocycles. The number of hydroxylamine groups is 1. The third kappa shape index (κ3) is 3.82. The van der Waals surface area contributed by atoms with Crippen LogP contribution in [0.5, 0.6) is 0 Å². The molecule has 148 valence electrons. The van der Waals surface area contributed by atoms with Crippen LogP contribution in [-0.4, -0.2) is 28.8 Å². The van der Waals surface area contributed by atoms with E-state index >= 15 is 0 Å². The first-order chi connectivity index (χ1) is 13.3. The van der Waals surface area contributed by atoms with Gasteiger partial charge in [0.2, 0.25) is 0 Å². The molecule has 1 aromatic carbocycles. The third-order valence-corrected chi connectivity index (χ3v) is 5.04. The molecule has 1 amide bonds. The van der Waals surface area contributed by atoms with E-state index in [2.05, 4.69) is 5.48 Å². The largest absolute Gasteiger partial charge is 0.463 e. The number of aromatic nitrogens is 1. The molecule has 9 heteroatoms. The Kier molecular flexibility index (Phi) is 6.16. The second-order valence-electron chi connectivity index (χ2n) is 6.22. The molecule has 0 fully saturated rings. The van der Waals surface area contributed by atoms with Crippen molar-refractivity contribution >= 4 is 39.5 Å². The Morgan fingerprint density at radius 2 is 2.18 bits per heavy atom. The molecule has 0 bridgehead atoms. The van der Waals surface area contributed by atoms with E-state index < -0.39 is 11.7 Å². The topological polar surface area (TPSA) is 93.7 Å². The lowest BCUT2D eigenvalue weighted by Gasteiger charge is -2.15. The summed E-state index contributed by atoms with van der Waals surface area (Å²) in [5.74, 6) is -1.08. The zero-order chi connectivity index (χ0) is 20.4. The maximum Gasteiger partial charge on any atom is 0.280 e. The Hall–Kier alpha value is -2.24. The first kappa shape index (κ1) is 20.5. The van der Waals surface area contributed by atoms with Gasteiger partial charge in [-0.15, -0.1) is 0 Å². The summed E-state index contributed by atoms with van der Waals surface area (Å²) in [6.07, 6.45) is 1.40. The number of rotatable bonds is 6. The lowest BCUT2D eigenvalue weighted by molar-refractivity contribution is 0.0167. The van der Waals surface area contributed by atoms with Crippen molar-refractivity contribution in [2.45, 2.75) is 13.3 Å². The number of fused-ring (bicyclic) bond motifs is 1. The Labute approximate surface area is 173 Å². The molecule has 3 rings (SSSR count). The minimum absolute atomic E-state index is 0.00688. The van der Waals surface area contributed by atoms with Crippen LogP contribution in [0.2, 0.25) is 0 Å². The summed E-state index contributed by atoms with van der Waals surface area (Å²) in [5.41, 5.74) is 3.31.